The fourth-order valence-electron chi connectivity index (χ4n) is 1.72. The van der Waals surface area contributed by atoms with Crippen LogP contribution in [0.4, 0.5) is 0 Å². The third-order valence-electron chi connectivity index (χ3n) is 2.52. The lowest BCUT2D eigenvalue weighted by molar-refractivity contribution is 0.0504. The molecule has 0 aromatic carbocycles. The molecule has 0 amide bonds. The Labute approximate surface area is 109 Å². The van der Waals surface area contributed by atoms with E-state index in [1.54, 1.807) is 24.6 Å². The van der Waals surface area contributed by atoms with E-state index in [-0.39, 0.29) is 11.9 Å². The van der Waals surface area contributed by atoms with Crippen molar-refractivity contribution in [2.75, 3.05) is 6.61 Å². The van der Waals surface area contributed by atoms with Gasteiger partial charge in [0.05, 0.1) is 12.6 Å². The molecule has 6 nitrogen and oxygen atoms in total. The second-order valence-corrected chi connectivity index (χ2v) is 4.63. The molecule has 0 bridgehead atoms. The van der Waals surface area contributed by atoms with Crippen LogP contribution in [0.2, 0.25) is 0 Å². The van der Waals surface area contributed by atoms with Crippen molar-refractivity contribution in [3.63, 3.8) is 0 Å². The van der Waals surface area contributed by atoms with Crippen LogP contribution in [-0.4, -0.2) is 32.3 Å². The van der Waals surface area contributed by atoms with E-state index in [0.29, 0.717) is 12.4 Å². The largest absolute Gasteiger partial charge is 0.460 e. The highest BCUT2D eigenvalue weighted by Gasteiger charge is 2.23. The molecular formula is C11H14N4O2S. The zero-order chi connectivity index (χ0) is 13.1. The van der Waals surface area contributed by atoms with Gasteiger partial charge in [0.2, 0.25) is 5.82 Å². The normalized spacial score (nSPS) is 12.4. The molecule has 2 rings (SSSR count). The summed E-state index contributed by atoms with van der Waals surface area (Å²) in [5.41, 5.74) is 0. The van der Waals surface area contributed by atoms with Crippen molar-refractivity contribution in [2.24, 2.45) is 0 Å². The van der Waals surface area contributed by atoms with Gasteiger partial charge < -0.3 is 4.74 Å². The van der Waals surface area contributed by atoms with E-state index >= 15 is 0 Å². The number of aromatic nitrogens is 4. The van der Waals surface area contributed by atoms with Crippen LogP contribution in [0, 0.1) is 6.92 Å². The quantitative estimate of drug-likeness (QED) is 0.790. The molecule has 0 spiro atoms. The molecule has 0 fully saturated rings. The molecule has 96 valence electrons. The zero-order valence-electron chi connectivity index (χ0n) is 10.5. The van der Waals surface area contributed by atoms with Gasteiger partial charge in [-0.25, -0.2) is 9.78 Å². The van der Waals surface area contributed by atoms with Gasteiger partial charge in [0.15, 0.2) is 0 Å². The van der Waals surface area contributed by atoms with Gasteiger partial charge in [-0.3, -0.25) is 4.57 Å². The highest BCUT2D eigenvalue weighted by molar-refractivity contribution is 7.09. The molecule has 2 heterocycles. The van der Waals surface area contributed by atoms with Crippen molar-refractivity contribution in [1.29, 1.82) is 0 Å². The van der Waals surface area contributed by atoms with E-state index < -0.39 is 5.97 Å². The molecule has 0 aliphatic carbocycles. The van der Waals surface area contributed by atoms with Crippen molar-refractivity contribution in [1.82, 2.24) is 19.7 Å². The van der Waals surface area contributed by atoms with Crippen LogP contribution in [0.1, 0.15) is 41.3 Å². The molecule has 1 unspecified atom stereocenters. The number of ether oxygens (including phenoxy) is 1. The van der Waals surface area contributed by atoms with Gasteiger partial charge in [0.1, 0.15) is 10.8 Å². The summed E-state index contributed by atoms with van der Waals surface area (Å²) in [4.78, 5) is 16.0. The molecule has 0 aliphatic rings. The third kappa shape index (κ3) is 2.26. The first kappa shape index (κ1) is 12.7. The monoisotopic (exact) mass is 266 g/mol. The Bertz CT molecular complexity index is 535. The predicted octanol–water partition coefficient (Wildman–Crippen LogP) is 1.83. The number of esters is 1. The van der Waals surface area contributed by atoms with Crippen LogP contribution < -0.4 is 0 Å². The number of thiazole rings is 1. The standard InChI is InChI=1S/C11H14N4O2S/c1-4-17-11(16)9-14-13-8(3)15(9)7(2)10-12-5-6-18-10/h5-7H,4H2,1-3H3. The first-order chi connectivity index (χ1) is 8.65. The number of carbonyl (C=O) groups excluding carboxylic acids is 1. The van der Waals surface area contributed by atoms with E-state index in [9.17, 15) is 4.79 Å². The summed E-state index contributed by atoms with van der Waals surface area (Å²) in [5, 5.41) is 10.6. The van der Waals surface area contributed by atoms with Crippen molar-refractivity contribution in [2.45, 2.75) is 26.8 Å². The summed E-state index contributed by atoms with van der Waals surface area (Å²) >= 11 is 1.53. The summed E-state index contributed by atoms with van der Waals surface area (Å²) in [5.74, 6) is 0.430. The minimum absolute atomic E-state index is 0.0839. The third-order valence-corrected chi connectivity index (χ3v) is 3.47. The number of nitrogens with zero attached hydrogens (tertiary/aromatic N) is 4. The first-order valence-corrected chi connectivity index (χ1v) is 6.51. The van der Waals surface area contributed by atoms with Crippen LogP contribution in [0.25, 0.3) is 0 Å². The summed E-state index contributed by atoms with van der Waals surface area (Å²) in [7, 11) is 0. The molecule has 2 aromatic heterocycles. The Morgan fingerprint density at radius 3 is 2.94 bits per heavy atom. The van der Waals surface area contributed by atoms with Gasteiger partial charge in [0, 0.05) is 11.6 Å². The Morgan fingerprint density at radius 1 is 1.56 bits per heavy atom. The van der Waals surface area contributed by atoms with E-state index in [2.05, 4.69) is 15.2 Å². The summed E-state index contributed by atoms with van der Waals surface area (Å²) in [6, 6.07) is -0.0839. The minimum atomic E-state index is -0.457. The van der Waals surface area contributed by atoms with Gasteiger partial charge in [-0.2, -0.15) is 0 Å². The lowest BCUT2D eigenvalue weighted by atomic mass is 10.3. The van der Waals surface area contributed by atoms with Crippen LogP contribution >= 0.6 is 11.3 Å². The van der Waals surface area contributed by atoms with Crippen molar-refractivity contribution in [3.05, 3.63) is 28.2 Å². The second-order valence-electron chi connectivity index (χ2n) is 3.71. The van der Waals surface area contributed by atoms with E-state index in [1.165, 1.54) is 11.3 Å². The lowest BCUT2D eigenvalue weighted by Gasteiger charge is -2.13. The molecule has 0 N–H and O–H groups in total. The molecule has 0 radical (unpaired) electrons. The Hall–Kier alpha value is -1.76. The van der Waals surface area contributed by atoms with Crippen LogP contribution in [0.3, 0.4) is 0 Å². The molecule has 0 aliphatic heterocycles. The number of hydrogen-bond acceptors (Lipinski definition) is 6. The maximum atomic E-state index is 11.8. The van der Waals surface area contributed by atoms with E-state index in [4.69, 9.17) is 4.74 Å². The van der Waals surface area contributed by atoms with Gasteiger partial charge >= 0.3 is 5.97 Å². The van der Waals surface area contributed by atoms with Gasteiger partial charge in [-0.1, -0.05) is 0 Å². The number of rotatable bonds is 4. The highest BCUT2D eigenvalue weighted by Crippen LogP contribution is 2.22. The van der Waals surface area contributed by atoms with Crippen molar-refractivity contribution in [3.8, 4) is 0 Å². The van der Waals surface area contributed by atoms with Gasteiger partial charge in [-0.05, 0) is 20.8 Å². The Kier molecular flexibility index (Phi) is 3.71. The Morgan fingerprint density at radius 2 is 2.33 bits per heavy atom. The fourth-order valence-corrected chi connectivity index (χ4v) is 2.40. The first-order valence-electron chi connectivity index (χ1n) is 5.63. The summed E-state index contributed by atoms with van der Waals surface area (Å²) in [6.45, 7) is 5.84. The molecule has 0 saturated heterocycles. The molecule has 2 aromatic rings. The Balaban J connectivity index is 2.38. The topological polar surface area (TPSA) is 69.9 Å². The smallest absolute Gasteiger partial charge is 0.376 e. The minimum Gasteiger partial charge on any atom is -0.460 e. The fraction of sp³-hybridized carbons (Fsp3) is 0.455. The molecule has 0 saturated carbocycles. The van der Waals surface area contributed by atoms with Gasteiger partial charge in [-0.15, -0.1) is 21.5 Å². The van der Waals surface area contributed by atoms with Crippen molar-refractivity contribution >= 4 is 17.3 Å². The van der Waals surface area contributed by atoms with Crippen LogP contribution in [0.5, 0.6) is 0 Å². The number of hydrogen-bond donors (Lipinski definition) is 0. The highest BCUT2D eigenvalue weighted by atomic mass is 32.1. The maximum Gasteiger partial charge on any atom is 0.376 e. The van der Waals surface area contributed by atoms with Crippen molar-refractivity contribution < 1.29 is 9.53 Å². The number of carbonyl (C=O) groups is 1. The molecule has 1 atom stereocenters. The zero-order valence-corrected chi connectivity index (χ0v) is 11.3. The van der Waals surface area contributed by atoms with E-state index in [1.807, 2.05) is 12.3 Å². The predicted molar refractivity (Wildman–Crippen MR) is 66.6 cm³/mol. The van der Waals surface area contributed by atoms with E-state index in [0.717, 1.165) is 5.01 Å². The maximum absolute atomic E-state index is 11.8. The summed E-state index contributed by atoms with van der Waals surface area (Å²) in [6.07, 6.45) is 1.74. The summed E-state index contributed by atoms with van der Waals surface area (Å²) < 4.78 is 6.72. The van der Waals surface area contributed by atoms with Crippen LogP contribution in [0.15, 0.2) is 11.6 Å². The lowest BCUT2D eigenvalue weighted by Crippen LogP contribution is -2.18. The average Bonchev–Trinajstić information content (AvgIpc) is 2.97. The number of aryl methyl sites for hydroxylation is 1. The second kappa shape index (κ2) is 5.26. The molecular weight excluding hydrogens is 252 g/mol. The van der Waals surface area contributed by atoms with Gasteiger partial charge in [0.25, 0.3) is 0 Å². The SMILES string of the molecule is CCOC(=O)c1nnc(C)n1C(C)c1nccs1. The molecule has 18 heavy (non-hydrogen) atoms. The molecule has 7 heteroatoms. The van der Waals surface area contributed by atoms with Crippen LogP contribution in [-0.2, 0) is 4.74 Å². The average molecular weight is 266 g/mol.